The van der Waals surface area contributed by atoms with Crippen molar-refractivity contribution in [2.24, 2.45) is 0 Å². The first-order valence-corrected chi connectivity index (χ1v) is 7.69. The van der Waals surface area contributed by atoms with Gasteiger partial charge in [0.2, 0.25) is 0 Å². The highest BCUT2D eigenvalue weighted by Crippen LogP contribution is 2.29. The Bertz CT molecular complexity index is 428. The van der Waals surface area contributed by atoms with Gasteiger partial charge in [0, 0.05) is 12.6 Å². The van der Waals surface area contributed by atoms with Crippen molar-refractivity contribution < 1.29 is 14.6 Å². The zero-order chi connectivity index (χ0) is 15.9. The lowest BCUT2D eigenvalue weighted by molar-refractivity contribution is -0.0119. The lowest BCUT2D eigenvalue weighted by Crippen LogP contribution is -2.34. The molecule has 0 spiro atoms. The van der Waals surface area contributed by atoms with E-state index in [1.54, 1.807) is 7.11 Å². The van der Waals surface area contributed by atoms with Gasteiger partial charge in [-0.3, -0.25) is 0 Å². The molecule has 21 heavy (non-hydrogen) atoms. The Morgan fingerprint density at radius 1 is 1.19 bits per heavy atom. The Hall–Kier alpha value is -1.26. The maximum atomic E-state index is 10.3. The van der Waals surface area contributed by atoms with Gasteiger partial charge in [-0.05, 0) is 30.5 Å². The standard InChI is InChI=1S/C17H29NO3/c1-6-17(19,7-2)12-21-16-10-14(11-18-13(3)4)8-9-15(16)20-5/h8-10,13,18-19H,6-7,11-12H2,1-5H3. The summed E-state index contributed by atoms with van der Waals surface area (Å²) in [5.41, 5.74) is 0.355. The van der Waals surface area contributed by atoms with Gasteiger partial charge in [0.15, 0.2) is 11.5 Å². The molecular formula is C17H29NO3. The molecule has 0 aliphatic rings. The van der Waals surface area contributed by atoms with E-state index in [1.807, 2.05) is 32.0 Å². The average molecular weight is 295 g/mol. The minimum Gasteiger partial charge on any atom is -0.493 e. The molecule has 0 aliphatic heterocycles. The first-order valence-electron chi connectivity index (χ1n) is 7.69. The van der Waals surface area contributed by atoms with Crippen LogP contribution in [0.3, 0.4) is 0 Å². The number of hydrogen-bond acceptors (Lipinski definition) is 4. The smallest absolute Gasteiger partial charge is 0.161 e. The van der Waals surface area contributed by atoms with Crippen molar-refractivity contribution in [1.82, 2.24) is 5.32 Å². The number of benzene rings is 1. The normalized spacial score (nSPS) is 11.8. The SMILES string of the molecule is CCC(O)(CC)COc1cc(CNC(C)C)ccc1OC. The third-order valence-corrected chi connectivity index (χ3v) is 3.76. The van der Waals surface area contributed by atoms with E-state index >= 15 is 0 Å². The van der Waals surface area contributed by atoms with Crippen LogP contribution in [-0.4, -0.2) is 30.5 Å². The predicted octanol–water partition coefficient (Wildman–Crippen LogP) is 3.12. The maximum absolute atomic E-state index is 10.3. The van der Waals surface area contributed by atoms with Crippen molar-refractivity contribution in [2.45, 2.75) is 58.7 Å². The van der Waals surface area contributed by atoms with Crippen LogP contribution in [0.4, 0.5) is 0 Å². The fourth-order valence-corrected chi connectivity index (χ4v) is 1.93. The summed E-state index contributed by atoms with van der Waals surface area (Å²) >= 11 is 0. The third-order valence-electron chi connectivity index (χ3n) is 3.76. The van der Waals surface area contributed by atoms with Crippen molar-refractivity contribution >= 4 is 0 Å². The summed E-state index contributed by atoms with van der Waals surface area (Å²) in [6.45, 7) is 9.22. The van der Waals surface area contributed by atoms with E-state index < -0.39 is 5.60 Å². The third kappa shape index (κ3) is 5.56. The molecule has 4 heteroatoms. The van der Waals surface area contributed by atoms with E-state index in [4.69, 9.17) is 9.47 Å². The highest BCUT2D eigenvalue weighted by molar-refractivity contribution is 5.43. The van der Waals surface area contributed by atoms with Crippen molar-refractivity contribution in [2.75, 3.05) is 13.7 Å². The topological polar surface area (TPSA) is 50.7 Å². The molecule has 0 bridgehead atoms. The van der Waals surface area contributed by atoms with Crippen molar-refractivity contribution in [3.63, 3.8) is 0 Å². The molecule has 0 radical (unpaired) electrons. The van der Waals surface area contributed by atoms with Crippen LogP contribution >= 0.6 is 0 Å². The fourth-order valence-electron chi connectivity index (χ4n) is 1.93. The van der Waals surface area contributed by atoms with Gasteiger partial charge in [0.25, 0.3) is 0 Å². The van der Waals surface area contributed by atoms with E-state index in [2.05, 4.69) is 19.2 Å². The molecule has 0 unspecified atom stereocenters. The van der Waals surface area contributed by atoms with Crippen molar-refractivity contribution in [3.05, 3.63) is 23.8 Å². The molecule has 0 aromatic heterocycles. The van der Waals surface area contributed by atoms with Crippen molar-refractivity contribution in [1.29, 1.82) is 0 Å². The summed E-state index contributed by atoms with van der Waals surface area (Å²) < 4.78 is 11.2. The molecule has 0 heterocycles. The van der Waals surface area contributed by atoms with Gasteiger partial charge >= 0.3 is 0 Å². The van der Waals surface area contributed by atoms with Gasteiger partial charge < -0.3 is 19.9 Å². The molecule has 0 fully saturated rings. The van der Waals surface area contributed by atoms with Gasteiger partial charge in [0.05, 0.1) is 12.7 Å². The molecule has 1 rings (SSSR count). The fraction of sp³-hybridized carbons (Fsp3) is 0.647. The first-order chi connectivity index (χ1) is 9.94. The second-order valence-corrected chi connectivity index (χ2v) is 5.74. The number of aliphatic hydroxyl groups is 1. The largest absolute Gasteiger partial charge is 0.493 e. The van der Waals surface area contributed by atoms with E-state index in [1.165, 1.54) is 0 Å². The molecule has 1 aromatic rings. The van der Waals surface area contributed by atoms with Gasteiger partial charge in [-0.15, -0.1) is 0 Å². The minimum absolute atomic E-state index is 0.275. The van der Waals surface area contributed by atoms with E-state index in [9.17, 15) is 5.11 Å². The van der Waals surface area contributed by atoms with Crippen molar-refractivity contribution in [3.8, 4) is 11.5 Å². The van der Waals surface area contributed by atoms with Crippen LogP contribution < -0.4 is 14.8 Å². The quantitative estimate of drug-likeness (QED) is 0.735. The molecule has 2 N–H and O–H groups in total. The Morgan fingerprint density at radius 3 is 2.38 bits per heavy atom. The molecule has 0 saturated heterocycles. The summed E-state index contributed by atoms with van der Waals surface area (Å²) in [6, 6.07) is 6.33. The van der Waals surface area contributed by atoms with Crippen LogP contribution in [-0.2, 0) is 6.54 Å². The summed E-state index contributed by atoms with van der Waals surface area (Å²) in [6.07, 6.45) is 1.33. The van der Waals surface area contributed by atoms with E-state index in [0.29, 0.717) is 30.4 Å². The van der Waals surface area contributed by atoms with Gasteiger partial charge in [-0.1, -0.05) is 33.8 Å². The maximum Gasteiger partial charge on any atom is 0.161 e. The number of methoxy groups -OCH3 is 1. The Morgan fingerprint density at radius 2 is 1.86 bits per heavy atom. The summed E-state index contributed by atoms with van der Waals surface area (Å²) in [5, 5.41) is 13.7. The lowest BCUT2D eigenvalue weighted by Gasteiger charge is -2.25. The van der Waals surface area contributed by atoms with Crippen LogP contribution in [0.1, 0.15) is 46.1 Å². The molecule has 1 aromatic carbocycles. The molecule has 0 amide bonds. The van der Waals surface area contributed by atoms with E-state index in [0.717, 1.165) is 12.1 Å². The number of ether oxygens (including phenoxy) is 2. The first kappa shape index (κ1) is 17.8. The van der Waals surface area contributed by atoms with Crippen LogP contribution in [0.25, 0.3) is 0 Å². The molecule has 0 atom stereocenters. The minimum atomic E-state index is -0.781. The second-order valence-electron chi connectivity index (χ2n) is 5.74. The van der Waals surface area contributed by atoms with Crippen LogP contribution in [0.2, 0.25) is 0 Å². The van der Waals surface area contributed by atoms with Crippen LogP contribution in [0.15, 0.2) is 18.2 Å². The monoisotopic (exact) mass is 295 g/mol. The Labute approximate surface area is 128 Å². The highest BCUT2D eigenvalue weighted by atomic mass is 16.5. The number of rotatable bonds is 9. The second kappa shape index (κ2) is 8.25. The summed E-state index contributed by atoms with van der Waals surface area (Å²) in [4.78, 5) is 0. The molecule has 0 saturated carbocycles. The average Bonchev–Trinajstić information content (AvgIpc) is 2.50. The number of hydrogen-bond donors (Lipinski definition) is 2. The molecular weight excluding hydrogens is 266 g/mol. The van der Waals surface area contributed by atoms with Gasteiger partial charge in [0.1, 0.15) is 6.61 Å². The van der Waals surface area contributed by atoms with Crippen LogP contribution in [0.5, 0.6) is 11.5 Å². The van der Waals surface area contributed by atoms with Gasteiger partial charge in [-0.2, -0.15) is 0 Å². The summed E-state index contributed by atoms with van der Waals surface area (Å²) in [7, 11) is 1.63. The summed E-state index contributed by atoms with van der Waals surface area (Å²) in [5.74, 6) is 1.37. The van der Waals surface area contributed by atoms with Gasteiger partial charge in [-0.25, -0.2) is 0 Å². The molecule has 4 nitrogen and oxygen atoms in total. The highest BCUT2D eigenvalue weighted by Gasteiger charge is 2.23. The Balaban J connectivity index is 2.80. The predicted molar refractivity (Wildman–Crippen MR) is 86.0 cm³/mol. The molecule has 120 valence electrons. The lowest BCUT2D eigenvalue weighted by atomic mass is 9.99. The zero-order valence-electron chi connectivity index (χ0n) is 13.9. The Kier molecular flexibility index (Phi) is 6.99. The number of nitrogens with one attached hydrogen (secondary N) is 1. The van der Waals surface area contributed by atoms with Crippen LogP contribution in [0, 0.1) is 0 Å². The zero-order valence-corrected chi connectivity index (χ0v) is 13.9. The molecule has 0 aliphatic carbocycles. The van der Waals surface area contributed by atoms with E-state index in [-0.39, 0.29) is 6.61 Å².